The molecule has 2 nitrogen and oxygen atoms in total. The number of nitrogens with one attached hydrogen (secondary N) is 1. The Morgan fingerprint density at radius 1 is 1.05 bits per heavy atom. The Kier molecular flexibility index (Phi) is 5.13. The maximum atomic E-state index is 12.9. The van der Waals surface area contributed by atoms with Crippen LogP contribution in [-0.4, -0.2) is 6.61 Å². The standard InChI is InChI=1S/C17H20FNO/c1-3-20-17-10-4-14(5-11-17)12-19-13(2)15-6-8-16(18)9-7-15/h4-11,13,19H,3,12H2,1-2H3. The van der Waals surface area contributed by atoms with Crippen molar-refractivity contribution in [2.75, 3.05) is 6.61 Å². The van der Waals surface area contributed by atoms with Crippen molar-refractivity contribution in [1.29, 1.82) is 0 Å². The van der Waals surface area contributed by atoms with Crippen LogP contribution in [0.25, 0.3) is 0 Å². The second-order valence-electron chi connectivity index (χ2n) is 4.73. The fraction of sp³-hybridized carbons (Fsp3) is 0.294. The van der Waals surface area contributed by atoms with Gasteiger partial charge in [-0.3, -0.25) is 0 Å². The van der Waals surface area contributed by atoms with Crippen molar-refractivity contribution in [3.8, 4) is 5.75 Å². The molecule has 0 spiro atoms. The lowest BCUT2D eigenvalue weighted by Crippen LogP contribution is -2.18. The van der Waals surface area contributed by atoms with E-state index in [2.05, 4.69) is 24.4 Å². The highest BCUT2D eigenvalue weighted by Crippen LogP contribution is 2.15. The van der Waals surface area contributed by atoms with Gasteiger partial charge >= 0.3 is 0 Å². The van der Waals surface area contributed by atoms with Crippen LogP contribution in [0.5, 0.6) is 5.75 Å². The zero-order valence-electron chi connectivity index (χ0n) is 11.9. The summed E-state index contributed by atoms with van der Waals surface area (Å²) >= 11 is 0. The Balaban J connectivity index is 1.89. The molecule has 0 aliphatic heterocycles. The van der Waals surface area contributed by atoms with Gasteiger partial charge in [-0.2, -0.15) is 0 Å². The minimum absolute atomic E-state index is 0.183. The van der Waals surface area contributed by atoms with E-state index in [1.807, 2.05) is 31.2 Å². The third kappa shape index (κ3) is 4.07. The van der Waals surface area contributed by atoms with Crippen LogP contribution < -0.4 is 10.1 Å². The molecule has 0 aliphatic rings. The van der Waals surface area contributed by atoms with Crippen LogP contribution in [-0.2, 0) is 6.54 Å². The first-order valence-corrected chi connectivity index (χ1v) is 6.89. The molecule has 106 valence electrons. The average molecular weight is 273 g/mol. The van der Waals surface area contributed by atoms with Gasteiger partial charge in [-0.25, -0.2) is 4.39 Å². The molecule has 1 atom stereocenters. The molecule has 0 radical (unpaired) electrons. The molecular weight excluding hydrogens is 253 g/mol. The first-order chi connectivity index (χ1) is 9.69. The molecule has 1 N–H and O–H groups in total. The molecule has 0 saturated carbocycles. The first-order valence-electron chi connectivity index (χ1n) is 6.89. The molecule has 3 heteroatoms. The highest BCUT2D eigenvalue weighted by molar-refractivity contribution is 5.27. The Morgan fingerprint density at radius 3 is 2.30 bits per heavy atom. The fourth-order valence-electron chi connectivity index (χ4n) is 2.01. The van der Waals surface area contributed by atoms with Crippen LogP contribution in [0.15, 0.2) is 48.5 Å². The quantitative estimate of drug-likeness (QED) is 0.856. The number of benzene rings is 2. The van der Waals surface area contributed by atoms with Gasteiger partial charge in [0.15, 0.2) is 0 Å². The minimum Gasteiger partial charge on any atom is -0.494 e. The molecule has 0 bridgehead atoms. The lowest BCUT2D eigenvalue weighted by atomic mass is 10.1. The van der Waals surface area contributed by atoms with Crippen molar-refractivity contribution in [3.63, 3.8) is 0 Å². The Labute approximate surface area is 119 Å². The van der Waals surface area contributed by atoms with Gasteiger partial charge in [0.25, 0.3) is 0 Å². The Morgan fingerprint density at radius 2 is 1.70 bits per heavy atom. The van der Waals surface area contributed by atoms with Gasteiger partial charge in [0.1, 0.15) is 11.6 Å². The van der Waals surface area contributed by atoms with Crippen LogP contribution in [0.4, 0.5) is 4.39 Å². The fourth-order valence-corrected chi connectivity index (χ4v) is 2.01. The van der Waals surface area contributed by atoms with Gasteiger partial charge in [0.05, 0.1) is 6.61 Å². The summed E-state index contributed by atoms with van der Waals surface area (Å²) < 4.78 is 18.3. The third-order valence-corrected chi connectivity index (χ3v) is 3.22. The van der Waals surface area contributed by atoms with E-state index in [0.29, 0.717) is 6.61 Å². The summed E-state index contributed by atoms with van der Waals surface area (Å²) in [6.07, 6.45) is 0. The van der Waals surface area contributed by atoms with Crippen molar-refractivity contribution in [3.05, 3.63) is 65.5 Å². The van der Waals surface area contributed by atoms with E-state index in [9.17, 15) is 4.39 Å². The van der Waals surface area contributed by atoms with Gasteiger partial charge in [-0.05, 0) is 49.2 Å². The van der Waals surface area contributed by atoms with Gasteiger partial charge < -0.3 is 10.1 Å². The summed E-state index contributed by atoms with van der Waals surface area (Å²) in [6.45, 7) is 5.49. The first kappa shape index (κ1) is 14.5. The summed E-state index contributed by atoms with van der Waals surface area (Å²) in [5.74, 6) is 0.690. The predicted octanol–water partition coefficient (Wildman–Crippen LogP) is 4.08. The highest BCUT2D eigenvalue weighted by Gasteiger charge is 2.05. The summed E-state index contributed by atoms with van der Waals surface area (Å²) in [5.41, 5.74) is 2.28. The molecular formula is C17H20FNO. The second kappa shape index (κ2) is 7.06. The van der Waals surface area contributed by atoms with E-state index in [0.717, 1.165) is 17.9 Å². The molecule has 2 aromatic rings. The van der Waals surface area contributed by atoms with Crippen molar-refractivity contribution in [2.24, 2.45) is 0 Å². The molecule has 0 aliphatic carbocycles. The Hall–Kier alpha value is -1.87. The predicted molar refractivity (Wildman–Crippen MR) is 79.3 cm³/mol. The molecule has 0 aromatic heterocycles. The van der Waals surface area contributed by atoms with E-state index in [-0.39, 0.29) is 11.9 Å². The SMILES string of the molecule is CCOc1ccc(CNC(C)c2ccc(F)cc2)cc1. The van der Waals surface area contributed by atoms with Crippen LogP contribution >= 0.6 is 0 Å². The molecule has 0 heterocycles. The summed E-state index contributed by atoms with van der Waals surface area (Å²) in [6, 6.07) is 14.8. The van der Waals surface area contributed by atoms with Crippen molar-refractivity contribution < 1.29 is 9.13 Å². The van der Waals surface area contributed by atoms with E-state index in [1.165, 1.54) is 17.7 Å². The van der Waals surface area contributed by atoms with Crippen LogP contribution in [0, 0.1) is 5.82 Å². The molecule has 2 rings (SSSR count). The van der Waals surface area contributed by atoms with Gasteiger partial charge in [-0.15, -0.1) is 0 Å². The second-order valence-corrected chi connectivity index (χ2v) is 4.73. The number of hydrogen-bond donors (Lipinski definition) is 1. The zero-order chi connectivity index (χ0) is 14.4. The highest BCUT2D eigenvalue weighted by atomic mass is 19.1. The van der Waals surface area contributed by atoms with Gasteiger partial charge in [0.2, 0.25) is 0 Å². The van der Waals surface area contributed by atoms with Gasteiger partial charge in [-0.1, -0.05) is 24.3 Å². The zero-order valence-corrected chi connectivity index (χ0v) is 11.9. The lowest BCUT2D eigenvalue weighted by molar-refractivity contribution is 0.340. The van der Waals surface area contributed by atoms with Crippen LogP contribution in [0.2, 0.25) is 0 Å². The average Bonchev–Trinajstić information content (AvgIpc) is 2.47. The monoisotopic (exact) mass is 273 g/mol. The Bertz CT molecular complexity index is 522. The van der Waals surface area contributed by atoms with Crippen LogP contribution in [0.1, 0.15) is 31.0 Å². The van der Waals surface area contributed by atoms with E-state index in [4.69, 9.17) is 4.74 Å². The largest absolute Gasteiger partial charge is 0.494 e. The van der Waals surface area contributed by atoms with Gasteiger partial charge in [0, 0.05) is 12.6 Å². The molecule has 0 fully saturated rings. The maximum Gasteiger partial charge on any atom is 0.123 e. The van der Waals surface area contributed by atoms with Crippen LogP contribution in [0.3, 0.4) is 0 Å². The van der Waals surface area contributed by atoms with E-state index in [1.54, 1.807) is 0 Å². The number of halogens is 1. The third-order valence-electron chi connectivity index (χ3n) is 3.22. The molecule has 0 amide bonds. The molecule has 1 unspecified atom stereocenters. The normalized spacial score (nSPS) is 12.2. The topological polar surface area (TPSA) is 21.3 Å². The van der Waals surface area contributed by atoms with E-state index >= 15 is 0 Å². The smallest absolute Gasteiger partial charge is 0.123 e. The minimum atomic E-state index is -0.201. The van der Waals surface area contributed by atoms with E-state index < -0.39 is 0 Å². The van der Waals surface area contributed by atoms with Crippen molar-refractivity contribution in [1.82, 2.24) is 5.32 Å². The maximum absolute atomic E-state index is 12.9. The summed E-state index contributed by atoms with van der Waals surface area (Å²) in [4.78, 5) is 0. The van der Waals surface area contributed by atoms with Crippen molar-refractivity contribution in [2.45, 2.75) is 26.4 Å². The molecule has 20 heavy (non-hydrogen) atoms. The number of hydrogen-bond acceptors (Lipinski definition) is 2. The number of rotatable bonds is 6. The number of ether oxygens (including phenoxy) is 1. The summed E-state index contributed by atoms with van der Waals surface area (Å²) in [5, 5.41) is 3.42. The lowest BCUT2D eigenvalue weighted by Gasteiger charge is -2.14. The summed E-state index contributed by atoms with van der Waals surface area (Å²) in [7, 11) is 0. The molecule has 0 saturated heterocycles. The molecule has 2 aromatic carbocycles. The van der Waals surface area contributed by atoms with Crippen molar-refractivity contribution >= 4 is 0 Å².